The molecule has 94 valence electrons. The van der Waals surface area contributed by atoms with Crippen LogP contribution in [0, 0.1) is 11.7 Å². The van der Waals surface area contributed by atoms with Crippen molar-refractivity contribution in [3.63, 3.8) is 0 Å². The van der Waals surface area contributed by atoms with Gasteiger partial charge >= 0.3 is 0 Å². The van der Waals surface area contributed by atoms with Crippen molar-refractivity contribution in [1.82, 2.24) is 5.32 Å². The van der Waals surface area contributed by atoms with Gasteiger partial charge in [0.25, 0.3) is 0 Å². The minimum Gasteiger partial charge on any atom is -0.490 e. The summed E-state index contributed by atoms with van der Waals surface area (Å²) in [4.78, 5) is 0. The third kappa shape index (κ3) is 3.19. The Morgan fingerprint density at radius 1 is 1.47 bits per heavy atom. The molecule has 0 spiro atoms. The Bertz CT molecular complexity index is 372. The smallest absolute Gasteiger partial charge is 0.165 e. The van der Waals surface area contributed by atoms with Gasteiger partial charge in [0.1, 0.15) is 0 Å². The third-order valence-corrected chi connectivity index (χ3v) is 3.29. The molecule has 0 amide bonds. The summed E-state index contributed by atoms with van der Waals surface area (Å²) >= 11 is 0. The zero-order valence-corrected chi connectivity index (χ0v) is 10.5. The molecule has 1 saturated carbocycles. The first-order valence-electron chi connectivity index (χ1n) is 6.34. The Kier molecular flexibility index (Phi) is 4.00. The van der Waals surface area contributed by atoms with E-state index in [0.29, 0.717) is 18.3 Å². The Labute approximate surface area is 102 Å². The molecule has 3 heteroatoms. The monoisotopic (exact) mass is 237 g/mol. The first-order chi connectivity index (χ1) is 8.24. The van der Waals surface area contributed by atoms with Gasteiger partial charge in [-0.15, -0.1) is 0 Å². The summed E-state index contributed by atoms with van der Waals surface area (Å²) in [5.74, 6) is 0.771. The molecule has 0 heterocycles. The number of nitrogens with one attached hydrogen (secondary N) is 1. The minimum atomic E-state index is -0.264. The summed E-state index contributed by atoms with van der Waals surface area (Å²) < 4.78 is 19.1. The molecule has 1 aromatic carbocycles. The van der Waals surface area contributed by atoms with E-state index in [1.54, 1.807) is 0 Å². The Morgan fingerprint density at radius 3 is 2.82 bits per heavy atom. The van der Waals surface area contributed by atoms with Crippen molar-refractivity contribution in [3.05, 3.63) is 29.6 Å². The zero-order valence-electron chi connectivity index (χ0n) is 10.5. The molecule has 1 aliphatic carbocycles. The number of hydrogen-bond donors (Lipinski definition) is 1. The van der Waals surface area contributed by atoms with Crippen LogP contribution in [0.3, 0.4) is 0 Å². The van der Waals surface area contributed by atoms with Crippen LogP contribution in [0.1, 0.15) is 37.8 Å². The van der Waals surface area contributed by atoms with E-state index >= 15 is 0 Å². The quantitative estimate of drug-likeness (QED) is 0.819. The number of halogens is 1. The molecule has 0 aliphatic heterocycles. The summed E-state index contributed by atoms with van der Waals surface area (Å²) in [7, 11) is 1.92. The molecular formula is C14H20FNO. The van der Waals surface area contributed by atoms with Crippen molar-refractivity contribution < 1.29 is 9.13 Å². The lowest BCUT2D eigenvalue weighted by Crippen LogP contribution is -2.15. The average molecular weight is 237 g/mol. The van der Waals surface area contributed by atoms with Crippen molar-refractivity contribution in [2.75, 3.05) is 13.7 Å². The van der Waals surface area contributed by atoms with Crippen LogP contribution in [0.25, 0.3) is 0 Å². The summed E-state index contributed by atoms with van der Waals surface area (Å²) in [5, 5.41) is 3.21. The van der Waals surface area contributed by atoms with Gasteiger partial charge in [-0.05, 0) is 49.9 Å². The van der Waals surface area contributed by atoms with Gasteiger partial charge in [-0.3, -0.25) is 0 Å². The first kappa shape index (κ1) is 12.4. The highest BCUT2D eigenvalue weighted by Gasteiger charge is 2.22. The third-order valence-electron chi connectivity index (χ3n) is 3.29. The van der Waals surface area contributed by atoms with E-state index in [-0.39, 0.29) is 11.9 Å². The van der Waals surface area contributed by atoms with Crippen LogP contribution >= 0.6 is 0 Å². The molecular weight excluding hydrogens is 217 g/mol. The molecule has 0 radical (unpaired) electrons. The fourth-order valence-corrected chi connectivity index (χ4v) is 1.95. The highest BCUT2D eigenvalue weighted by molar-refractivity contribution is 5.32. The SMILES string of the molecule is CCC(NC)c1ccc(F)c(OCC2CC2)c1. The van der Waals surface area contributed by atoms with Gasteiger partial charge in [0.2, 0.25) is 0 Å². The molecule has 1 aliphatic rings. The number of ether oxygens (including phenoxy) is 1. The maximum absolute atomic E-state index is 13.6. The maximum Gasteiger partial charge on any atom is 0.165 e. The van der Waals surface area contributed by atoms with Crippen LogP contribution in [0.5, 0.6) is 5.75 Å². The van der Waals surface area contributed by atoms with Gasteiger partial charge in [-0.2, -0.15) is 0 Å². The first-order valence-corrected chi connectivity index (χ1v) is 6.34. The average Bonchev–Trinajstić information content (AvgIpc) is 3.15. The summed E-state index contributed by atoms with van der Waals surface area (Å²) in [6.07, 6.45) is 3.41. The molecule has 2 nitrogen and oxygen atoms in total. The standard InChI is InChI=1S/C14H20FNO/c1-3-13(16-2)11-6-7-12(15)14(8-11)17-9-10-4-5-10/h6-8,10,13,16H,3-5,9H2,1-2H3. The van der Waals surface area contributed by atoms with Gasteiger partial charge in [-0.1, -0.05) is 13.0 Å². The molecule has 1 N–H and O–H groups in total. The topological polar surface area (TPSA) is 21.3 Å². The van der Waals surface area contributed by atoms with Crippen molar-refractivity contribution in [3.8, 4) is 5.75 Å². The molecule has 1 aromatic rings. The lowest BCUT2D eigenvalue weighted by atomic mass is 10.0. The van der Waals surface area contributed by atoms with E-state index in [4.69, 9.17) is 4.74 Å². The molecule has 0 saturated heterocycles. The predicted molar refractivity (Wildman–Crippen MR) is 66.7 cm³/mol. The number of benzene rings is 1. The highest BCUT2D eigenvalue weighted by Crippen LogP contribution is 2.31. The fraction of sp³-hybridized carbons (Fsp3) is 0.571. The highest BCUT2D eigenvalue weighted by atomic mass is 19.1. The van der Waals surface area contributed by atoms with Crippen LogP contribution in [-0.2, 0) is 0 Å². The predicted octanol–water partition coefficient (Wildman–Crippen LogP) is 3.29. The lowest BCUT2D eigenvalue weighted by Gasteiger charge is -2.16. The van der Waals surface area contributed by atoms with Crippen LogP contribution in [0.15, 0.2) is 18.2 Å². The number of rotatable bonds is 6. The molecule has 1 unspecified atom stereocenters. The van der Waals surface area contributed by atoms with Crippen molar-refractivity contribution in [2.45, 2.75) is 32.2 Å². The number of hydrogen-bond acceptors (Lipinski definition) is 2. The molecule has 0 aromatic heterocycles. The van der Waals surface area contributed by atoms with E-state index < -0.39 is 0 Å². The second-order valence-corrected chi connectivity index (χ2v) is 4.69. The largest absolute Gasteiger partial charge is 0.490 e. The normalized spacial score (nSPS) is 16.9. The van der Waals surface area contributed by atoms with Crippen molar-refractivity contribution in [2.24, 2.45) is 5.92 Å². The molecule has 1 atom stereocenters. The van der Waals surface area contributed by atoms with Gasteiger partial charge in [0, 0.05) is 6.04 Å². The van der Waals surface area contributed by atoms with E-state index in [0.717, 1.165) is 12.0 Å². The summed E-state index contributed by atoms with van der Waals surface area (Å²) in [6.45, 7) is 2.76. The zero-order chi connectivity index (χ0) is 12.3. The van der Waals surface area contributed by atoms with Gasteiger partial charge < -0.3 is 10.1 Å². The second-order valence-electron chi connectivity index (χ2n) is 4.69. The van der Waals surface area contributed by atoms with Crippen molar-refractivity contribution >= 4 is 0 Å². The molecule has 0 bridgehead atoms. The van der Waals surface area contributed by atoms with Gasteiger partial charge in [0.15, 0.2) is 11.6 Å². The van der Waals surface area contributed by atoms with Crippen LogP contribution in [-0.4, -0.2) is 13.7 Å². The van der Waals surface area contributed by atoms with Crippen LogP contribution < -0.4 is 10.1 Å². The Hall–Kier alpha value is -1.09. The summed E-state index contributed by atoms with van der Waals surface area (Å²) in [5.41, 5.74) is 1.09. The lowest BCUT2D eigenvalue weighted by molar-refractivity contribution is 0.284. The Morgan fingerprint density at radius 2 is 2.24 bits per heavy atom. The summed E-state index contributed by atoms with van der Waals surface area (Å²) in [6, 6.07) is 5.41. The van der Waals surface area contributed by atoms with E-state index in [1.807, 2.05) is 19.2 Å². The Balaban J connectivity index is 2.09. The van der Waals surface area contributed by atoms with Crippen LogP contribution in [0.2, 0.25) is 0 Å². The molecule has 2 rings (SSSR count). The maximum atomic E-state index is 13.6. The van der Waals surface area contributed by atoms with Gasteiger partial charge in [-0.25, -0.2) is 4.39 Å². The molecule has 1 fully saturated rings. The van der Waals surface area contributed by atoms with Gasteiger partial charge in [0.05, 0.1) is 6.61 Å². The fourth-order valence-electron chi connectivity index (χ4n) is 1.95. The second kappa shape index (κ2) is 5.50. The van der Waals surface area contributed by atoms with E-state index in [2.05, 4.69) is 12.2 Å². The van der Waals surface area contributed by atoms with E-state index in [1.165, 1.54) is 18.9 Å². The molecule has 17 heavy (non-hydrogen) atoms. The van der Waals surface area contributed by atoms with Crippen LogP contribution in [0.4, 0.5) is 4.39 Å². The van der Waals surface area contributed by atoms with Crippen molar-refractivity contribution in [1.29, 1.82) is 0 Å². The van der Waals surface area contributed by atoms with E-state index in [9.17, 15) is 4.39 Å². The minimum absolute atomic E-state index is 0.263.